The maximum absolute atomic E-state index is 12.8. The number of nitro benzene ring substituents is 1. The number of nitrogens with one attached hydrogen (secondary N) is 1. The third-order valence-corrected chi connectivity index (χ3v) is 6.89. The highest BCUT2D eigenvalue weighted by molar-refractivity contribution is 5.91. The second-order valence-corrected chi connectivity index (χ2v) is 9.51. The van der Waals surface area contributed by atoms with E-state index in [0.717, 1.165) is 37.2 Å². The van der Waals surface area contributed by atoms with Crippen LogP contribution in [0.1, 0.15) is 52.5 Å². The molecule has 0 fully saturated rings. The Morgan fingerprint density at radius 2 is 1.84 bits per heavy atom. The Hall–Kier alpha value is -4.17. The van der Waals surface area contributed by atoms with Gasteiger partial charge in [0.25, 0.3) is 11.6 Å². The number of amides is 1. The summed E-state index contributed by atoms with van der Waals surface area (Å²) in [5.41, 5.74) is 3.42. The summed E-state index contributed by atoms with van der Waals surface area (Å²) in [6.07, 6.45) is 3.79. The van der Waals surface area contributed by atoms with E-state index < -0.39 is 0 Å². The lowest BCUT2D eigenvalue weighted by molar-refractivity contribution is -0.384. The summed E-state index contributed by atoms with van der Waals surface area (Å²) in [6, 6.07) is 24.6. The van der Waals surface area contributed by atoms with Gasteiger partial charge in [-0.1, -0.05) is 42.5 Å². The molecule has 2 aromatic heterocycles. The van der Waals surface area contributed by atoms with Gasteiger partial charge in [-0.3, -0.25) is 19.8 Å². The quantitative estimate of drug-likeness (QED) is 0.248. The number of non-ortho nitro benzene ring substituents is 1. The topological polar surface area (TPSA) is 93.5 Å². The van der Waals surface area contributed by atoms with Crippen LogP contribution in [-0.4, -0.2) is 32.9 Å². The van der Waals surface area contributed by atoms with Crippen molar-refractivity contribution in [2.75, 3.05) is 6.54 Å². The molecule has 190 valence electrons. The van der Waals surface area contributed by atoms with Crippen molar-refractivity contribution in [2.24, 2.45) is 0 Å². The summed E-state index contributed by atoms with van der Waals surface area (Å²) in [5.74, 6) is 0.786. The summed E-state index contributed by atoms with van der Waals surface area (Å²) in [5, 5.41) is 14.2. The molecule has 4 aromatic rings. The van der Waals surface area contributed by atoms with Gasteiger partial charge in [-0.05, 0) is 55.2 Å². The summed E-state index contributed by atoms with van der Waals surface area (Å²) < 4.78 is 8.18. The number of aromatic nitrogens is 1. The van der Waals surface area contributed by atoms with E-state index >= 15 is 0 Å². The molecule has 0 bridgehead atoms. The van der Waals surface area contributed by atoms with E-state index in [9.17, 15) is 14.9 Å². The van der Waals surface area contributed by atoms with Crippen LogP contribution in [0.25, 0.3) is 0 Å². The van der Waals surface area contributed by atoms with Crippen LogP contribution < -0.4 is 5.32 Å². The van der Waals surface area contributed by atoms with Crippen molar-refractivity contribution in [1.29, 1.82) is 0 Å². The molecule has 8 nitrogen and oxygen atoms in total. The first-order valence-corrected chi connectivity index (χ1v) is 12.5. The minimum atomic E-state index is -0.386. The summed E-state index contributed by atoms with van der Waals surface area (Å²) in [4.78, 5) is 25.8. The molecule has 2 atom stereocenters. The van der Waals surface area contributed by atoms with Crippen molar-refractivity contribution in [3.8, 4) is 0 Å². The molecule has 0 saturated heterocycles. The van der Waals surface area contributed by atoms with Crippen molar-refractivity contribution >= 4 is 11.6 Å². The van der Waals surface area contributed by atoms with Gasteiger partial charge in [-0.15, -0.1) is 0 Å². The fourth-order valence-corrected chi connectivity index (χ4v) is 4.94. The Balaban J connectivity index is 1.26. The number of hydrogen-bond acceptors (Lipinski definition) is 5. The van der Waals surface area contributed by atoms with Crippen LogP contribution in [0.5, 0.6) is 0 Å². The van der Waals surface area contributed by atoms with Gasteiger partial charge in [0.05, 0.1) is 17.5 Å². The Labute approximate surface area is 215 Å². The average Bonchev–Trinajstić information content (AvgIpc) is 3.58. The van der Waals surface area contributed by atoms with Crippen LogP contribution in [0.4, 0.5) is 5.69 Å². The number of nitrogens with zero attached hydrogens (tertiary/aromatic N) is 3. The molecule has 0 spiro atoms. The highest BCUT2D eigenvalue weighted by atomic mass is 16.6. The fourth-order valence-electron chi connectivity index (χ4n) is 4.94. The standard InChI is InChI=1S/C29H30N4O4/c1-21(9-10-22-6-3-2-4-7-22)30-29(34)27-16-15-25(37-27)20-32-19-18-31-17-5-8-26(31)28(32)23-11-13-24(14-12-23)33(35)36/h2-8,11-17,21,28H,9-10,18-20H2,1H3,(H,30,34). The van der Waals surface area contributed by atoms with E-state index in [2.05, 4.69) is 39.2 Å². The largest absolute Gasteiger partial charge is 0.455 e. The second-order valence-electron chi connectivity index (χ2n) is 9.51. The molecule has 1 N–H and O–H groups in total. The number of furan rings is 1. The smallest absolute Gasteiger partial charge is 0.287 e. The van der Waals surface area contributed by atoms with Crippen molar-refractivity contribution in [3.63, 3.8) is 0 Å². The van der Waals surface area contributed by atoms with Gasteiger partial charge in [-0.2, -0.15) is 0 Å². The first-order valence-electron chi connectivity index (χ1n) is 12.5. The van der Waals surface area contributed by atoms with Gasteiger partial charge in [0, 0.05) is 43.2 Å². The van der Waals surface area contributed by atoms with Crippen LogP contribution in [-0.2, 0) is 19.5 Å². The van der Waals surface area contributed by atoms with Gasteiger partial charge in [0.15, 0.2) is 5.76 Å². The van der Waals surface area contributed by atoms with E-state index in [1.807, 2.05) is 49.4 Å². The number of aryl methyl sites for hydroxylation is 1. The van der Waals surface area contributed by atoms with E-state index in [1.54, 1.807) is 18.2 Å². The first kappa shape index (κ1) is 24.5. The summed E-state index contributed by atoms with van der Waals surface area (Å²) >= 11 is 0. The second kappa shape index (κ2) is 10.8. The molecule has 2 unspecified atom stereocenters. The maximum Gasteiger partial charge on any atom is 0.287 e. The van der Waals surface area contributed by atoms with Crippen LogP contribution >= 0.6 is 0 Å². The number of hydrogen-bond donors (Lipinski definition) is 1. The van der Waals surface area contributed by atoms with Crippen molar-refractivity contribution < 1.29 is 14.1 Å². The van der Waals surface area contributed by atoms with Crippen molar-refractivity contribution in [1.82, 2.24) is 14.8 Å². The van der Waals surface area contributed by atoms with E-state index in [4.69, 9.17) is 4.42 Å². The summed E-state index contributed by atoms with van der Waals surface area (Å²) in [7, 11) is 0. The van der Waals surface area contributed by atoms with Gasteiger partial charge >= 0.3 is 0 Å². The number of benzene rings is 2. The Morgan fingerprint density at radius 3 is 2.59 bits per heavy atom. The van der Waals surface area contributed by atoms with Crippen molar-refractivity contribution in [3.05, 3.63) is 124 Å². The molecule has 0 aliphatic carbocycles. The Bertz CT molecular complexity index is 1360. The fraction of sp³-hybridized carbons (Fsp3) is 0.276. The van der Waals surface area contributed by atoms with Crippen LogP contribution in [0.2, 0.25) is 0 Å². The molecule has 1 aliphatic rings. The highest BCUT2D eigenvalue weighted by Crippen LogP contribution is 2.34. The zero-order valence-corrected chi connectivity index (χ0v) is 20.7. The summed E-state index contributed by atoms with van der Waals surface area (Å²) in [6.45, 7) is 4.13. The Morgan fingerprint density at radius 1 is 1.05 bits per heavy atom. The lowest BCUT2D eigenvalue weighted by Crippen LogP contribution is -2.37. The maximum atomic E-state index is 12.8. The highest BCUT2D eigenvalue weighted by Gasteiger charge is 2.30. The lowest BCUT2D eigenvalue weighted by atomic mass is 9.99. The van der Waals surface area contributed by atoms with Crippen LogP contribution in [0.15, 0.2) is 89.5 Å². The molecular weight excluding hydrogens is 468 g/mol. The average molecular weight is 499 g/mol. The molecule has 3 heterocycles. The van der Waals surface area contributed by atoms with E-state index in [0.29, 0.717) is 18.1 Å². The zero-order valence-electron chi connectivity index (χ0n) is 20.7. The monoisotopic (exact) mass is 498 g/mol. The zero-order chi connectivity index (χ0) is 25.8. The molecule has 8 heteroatoms. The molecule has 1 amide bonds. The van der Waals surface area contributed by atoms with E-state index in [-0.39, 0.29) is 28.6 Å². The van der Waals surface area contributed by atoms with Crippen molar-refractivity contribution in [2.45, 2.75) is 44.9 Å². The predicted molar refractivity (Wildman–Crippen MR) is 140 cm³/mol. The SMILES string of the molecule is CC(CCc1ccccc1)NC(=O)c1ccc(CN2CCn3cccc3C2c2ccc([N+](=O)[O-])cc2)o1. The van der Waals surface area contributed by atoms with Gasteiger partial charge < -0.3 is 14.3 Å². The molecular formula is C29H30N4O4. The molecule has 2 aromatic carbocycles. The number of nitro groups is 1. The third kappa shape index (κ3) is 5.65. The normalized spacial score (nSPS) is 16.2. The van der Waals surface area contributed by atoms with Gasteiger partial charge in [-0.25, -0.2) is 0 Å². The molecule has 5 rings (SSSR count). The van der Waals surface area contributed by atoms with Gasteiger partial charge in [0.1, 0.15) is 5.76 Å². The Kier molecular flexibility index (Phi) is 7.18. The predicted octanol–water partition coefficient (Wildman–Crippen LogP) is 5.35. The van der Waals surface area contributed by atoms with Gasteiger partial charge in [0.2, 0.25) is 0 Å². The molecule has 0 saturated carbocycles. The molecule has 0 radical (unpaired) electrons. The number of carbonyl (C=O) groups is 1. The number of fused-ring (bicyclic) bond motifs is 1. The molecule has 1 aliphatic heterocycles. The number of carbonyl (C=O) groups excluding carboxylic acids is 1. The third-order valence-electron chi connectivity index (χ3n) is 6.89. The number of rotatable bonds is 9. The van der Waals surface area contributed by atoms with Crippen LogP contribution in [0, 0.1) is 10.1 Å². The minimum absolute atomic E-state index is 0.0163. The lowest BCUT2D eigenvalue weighted by Gasteiger charge is -2.36. The van der Waals surface area contributed by atoms with Crippen LogP contribution in [0.3, 0.4) is 0 Å². The first-order chi connectivity index (χ1) is 18.0. The minimum Gasteiger partial charge on any atom is -0.455 e. The molecule has 37 heavy (non-hydrogen) atoms. The van der Waals surface area contributed by atoms with E-state index in [1.165, 1.54) is 5.56 Å².